The first-order valence-electron chi connectivity index (χ1n) is 5.62. The van der Waals surface area contributed by atoms with Crippen LogP contribution in [-0.4, -0.2) is 35.3 Å². The van der Waals surface area contributed by atoms with Crippen molar-refractivity contribution in [3.8, 4) is 6.07 Å². The molecule has 1 aromatic heterocycles. The molecule has 0 aliphatic heterocycles. The quantitative estimate of drug-likeness (QED) is 0.531. The number of aromatic carboxylic acids is 1. The summed E-state index contributed by atoms with van der Waals surface area (Å²) < 4.78 is 6.70. The summed E-state index contributed by atoms with van der Waals surface area (Å²) >= 11 is 0. The molecule has 0 unspecified atom stereocenters. The summed E-state index contributed by atoms with van der Waals surface area (Å²) in [5.74, 6) is -1.33. The second-order valence-electron chi connectivity index (χ2n) is 5.16. The van der Waals surface area contributed by atoms with Crippen LogP contribution in [0.5, 0.6) is 0 Å². The summed E-state index contributed by atoms with van der Waals surface area (Å²) in [4.78, 5) is 14.6. The van der Waals surface area contributed by atoms with Crippen LogP contribution < -0.4 is 51.4 Å². The SMILES string of the molecule is C[Si](C)(C)CCOCn1c(C#N)cnc1C(=O)O.[H-].[K+]. The zero-order chi connectivity index (χ0) is 13.8. The fraction of sp³-hybridized carbons (Fsp3) is 0.545. The molecule has 0 spiro atoms. The van der Waals surface area contributed by atoms with Crippen LogP contribution in [0.2, 0.25) is 25.7 Å². The number of rotatable bonds is 6. The maximum absolute atomic E-state index is 10.9. The van der Waals surface area contributed by atoms with Crippen LogP contribution in [-0.2, 0) is 11.5 Å². The molecule has 1 heterocycles. The molecule has 1 aromatic rings. The van der Waals surface area contributed by atoms with Gasteiger partial charge in [0, 0.05) is 14.7 Å². The Hall–Kier alpha value is -0.0168. The van der Waals surface area contributed by atoms with Crippen LogP contribution in [0.25, 0.3) is 0 Å². The third-order valence-electron chi connectivity index (χ3n) is 2.38. The number of hydrogen-bond donors (Lipinski definition) is 1. The van der Waals surface area contributed by atoms with Crippen molar-refractivity contribution >= 4 is 14.0 Å². The number of carboxylic acid groups (broad SMARTS) is 1. The molecule has 0 atom stereocenters. The molecule has 0 saturated heterocycles. The summed E-state index contributed by atoms with van der Waals surface area (Å²) in [6, 6.07) is 2.89. The van der Waals surface area contributed by atoms with E-state index in [9.17, 15) is 4.79 Å². The topological polar surface area (TPSA) is 88.1 Å². The predicted octanol–water partition coefficient (Wildman–Crippen LogP) is -1.12. The largest absolute Gasteiger partial charge is 1.00 e. The van der Waals surface area contributed by atoms with Gasteiger partial charge in [0.05, 0.1) is 6.20 Å². The molecule has 0 fully saturated rings. The Morgan fingerprint density at radius 1 is 1.63 bits per heavy atom. The second kappa shape index (κ2) is 8.31. The number of nitriles is 1. The first kappa shape index (κ1) is 19.0. The van der Waals surface area contributed by atoms with Gasteiger partial charge in [-0.2, -0.15) is 5.26 Å². The smallest absolute Gasteiger partial charge is 1.00 e. The van der Waals surface area contributed by atoms with Gasteiger partial charge in [0.2, 0.25) is 5.82 Å². The van der Waals surface area contributed by atoms with Gasteiger partial charge in [-0.1, -0.05) is 19.6 Å². The third kappa shape index (κ3) is 6.31. The van der Waals surface area contributed by atoms with Crippen LogP contribution in [0.15, 0.2) is 6.20 Å². The van der Waals surface area contributed by atoms with Gasteiger partial charge in [0.1, 0.15) is 18.5 Å². The first-order chi connectivity index (χ1) is 8.35. The van der Waals surface area contributed by atoms with Gasteiger partial charge in [-0.05, 0) is 6.04 Å². The van der Waals surface area contributed by atoms with Gasteiger partial charge in [0.15, 0.2) is 0 Å². The molecular formula is C11H18KN3O3Si. The van der Waals surface area contributed by atoms with Gasteiger partial charge in [-0.25, -0.2) is 9.78 Å². The van der Waals surface area contributed by atoms with Gasteiger partial charge < -0.3 is 11.3 Å². The summed E-state index contributed by atoms with van der Waals surface area (Å²) in [7, 11) is -1.17. The number of carbonyl (C=O) groups is 1. The van der Waals surface area contributed by atoms with Crippen LogP contribution in [0.1, 0.15) is 17.7 Å². The Bertz CT molecular complexity index is 482. The van der Waals surface area contributed by atoms with Gasteiger partial charge >= 0.3 is 57.4 Å². The van der Waals surface area contributed by atoms with Crippen LogP contribution in [0, 0.1) is 11.3 Å². The van der Waals surface area contributed by atoms with Crippen molar-refractivity contribution in [2.45, 2.75) is 32.4 Å². The van der Waals surface area contributed by atoms with Gasteiger partial charge in [-0.15, -0.1) is 0 Å². The summed E-state index contributed by atoms with van der Waals surface area (Å²) in [5.41, 5.74) is 0.195. The maximum atomic E-state index is 10.9. The molecule has 19 heavy (non-hydrogen) atoms. The number of hydrogen-bond acceptors (Lipinski definition) is 4. The van der Waals surface area contributed by atoms with E-state index in [1.165, 1.54) is 10.8 Å². The van der Waals surface area contributed by atoms with E-state index in [0.29, 0.717) is 6.61 Å². The number of imidazole rings is 1. The van der Waals surface area contributed by atoms with Crippen molar-refractivity contribution in [1.29, 1.82) is 5.26 Å². The number of nitrogens with zero attached hydrogens (tertiary/aromatic N) is 3. The van der Waals surface area contributed by atoms with E-state index in [1.54, 1.807) is 0 Å². The Kier molecular flexibility index (Phi) is 8.30. The minimum Gasteiger partial charge on any atom is -1.00 e. The van der Waals surface area contributed by atoms with E-state index in [2.05, 4.69) is 24.6 Å². The van der Waals surface area contributed by atoms with E-state index in [4.69, 9.17) is 15.1 Å². The minimum atomic E-state index is -1.17. The molecule has 0 aliphatic carbocycles. The number of carboxylic acids is 1. The van der Waals surface area contributed by atoms with Crippen molar-refractivity contribution < 1.29 is 67.4 Å². The van der Waals surface area contributed by atoms with E-state index in [0.717, 1.165) is 6.04 Å². The zero-order valence-electron chi connectivity index (χ0n) is 12.8. The molecule has 0 radical (unpaired) electrons. The molecule has 8 heteroatoms. The Labute approximate surface area is 157 Å². The maximum Gasteiger partial charge on any atom is 1.00 e. The third-order valence-corrected chi connectivity index (χ3v) is 4.08. The number of aromatic nitrogens is 2. The van der Waals surface area contributed by atoms with Crippen molar-refractivity contribution in [2.24, 2.45) is 0 Å². The van der Waals surface area contributed by atoms with E-state index in [-0.39, 0.29) is 71.1 Å². The second-order valence-corrected chi connectivity index (χ2v) is 10.8. The molecule has 6 nitrogen and oxygen atoms in total. The predicted molar refractivity (Wildman–Crippen MR) is 69.1 cm³/mol. The molecule has 0 amide bonds. The fourth-order valence-electron chi connectivity index (χ4n) is 1.30. The van der Waals surface area contributed by atoms with E-state index in [1.807, 2.05) is 6.07 Å². The molecule has 1 rings (SSSR count). The molecule has 100 valence electrons. The van der Waals surface area contributed by atoms with Gasteiger partial charge in [0.25, 0.3) is 0 Å². The Morgan fingerprint density at radius 2 is 2.26 bits per heavy atom. The van der Waals surface area contributed by atoms with E-state index < -0.39 is 14.0 Å². The Morgan fingerprint density at radius 3 is 2.74 bits per heavy atom. The standard InChI is InChI=1S/C11H17N3O3Si.K.H/c1-18(2,3)5-4-17-8-14-9(6-12)7-13-10(14)11(15)16;;/h7H,4-5,8H2,1-3H3,(H,15,16);;/q;+1;-1. The molecule has 1 N–H and O–H groups in total. The average Bonchev–Trinajstić information content (AvgIpc) is 2.66. The van der Waals surface area contributed by atoms with Gasteiger partial charge in [-0.3, -0.25) is 4.57 Å². The van der Waals surface area contributed by atoms with Crippen molar-refractivity contribution in [3.05, 3.63) is 17.7 Å². The monoisotopic (exact) mass is 307 g/mol. The minimum absolute atomic E-state index is 0. The molecule has 0 aromatic carbocycles. The first-order valence-corrected chi connectivity index (χ1v) is 9.32. The van der Waals surface area contributed by atoms with Crippen LogP contribution in [0.4, 0.5) is 0 Å². The number of ether oxygens (including phenoxy) is 1. The van der Waals surface area contributed by atoms with Crippen molar-refractivity contribution in [2.75, 3.05) is 6.61 Å². The summed E-state index contributed by atoms with van der Waals surface area (Å²) in [6.45, 7) is 7.32. The summed E-state index contributed by atoms with van der Waals surface area (Å²) in [5, 5.41) is 17.8. The van der Waals surface area contributed by atoms with Crippen LogP contribution >= 0.6 is 0 Å². The van der Waals surface area contributed by atoms with E-state index >= 15 is 0 Å². The van der Waals surface area contributed by atoms with Crippen LogP contribution in [0.3, 0.4) is 0 Å². The molecule has 0 saturated carbocycles. The Balaban J connectivity index is 0. The zero-order valence-corrected chi connectivity index (χ0v) is 15.9. The molecule has 0 bridgehead atoms. The summed E-state index contributed by atoms with van der Waals surface area (Å²) in [6.07, 6.45) is 1.24. The normalized spacial score (nSPS) is 10.6. The average molecular weight is 307 g/mol. The van der Waals surface area contributed by atoms with Crippen molar-refractivity contribution in [3.63, 3.8) is 0 Å². The van der Waals surface area contributed by atoms with Crippen molar-refractivity contribution in [1.82, 2.24) is 9.55 Å². The fourth-order valence-corrected chi connectivity index (χ4v) is 2.06. The molecular weight excluding hydrogens is 289 g/mol. The molecule has 0 aliphatic rings.